The monoisotopic (exact) mass is 258 g/mol. The maximum absolute atomic E-state index is 11.4. The summed E-state index contributed by atoms with van der Waals surface area (Å²) < 4.78 is 0. The molecule has 2 aromatic rings. The van der Waals surface area contributed by atoms with Crippen molar-refractivity contribution in [2.45, 2.75) is 0 Å². The van der Waals surface area contributed by atoms with Gasteiger partial charge >= 0.3 is 5.97 Å². The lowest BCUT2D eigenvalue weighted by atomic mass is 10.1. The number of carboxylic acids is 1. The van der Waals surface area contributed by atoms with Crippen molar-refractivity contribution in [1.82, 2.24) is 15.3 Å². The number of aromatic nitrogens is 2. The maximum Gasteiger partial charge on any atom is 0.339 e. The number of hydrogen-bond acceptors (Lipinski definition) is 5. The van der Waals surface area contributed by atoms with Crippen molar-refractivity contribution in [1.29, 1.82) is 0 Å². The molecular formula is C13H14N4O2. The van der Waals surface area contributed by atoms with Crippen LogP contribution in [0.1, 0.15) is 10.4 Å². The lowest BCUT2D eigenvalue weighted by Gasteiger charge is -2.29. The molecule has 98 valence electrons. The van der Waals surface area contributed by atoms with E-state index in [0.29, 0.717) is 11.5 Å². The number of carbonyl (C=O) groups is 1. The van der Waals surface area contributed by atoms with Crippen LogP contribution in [0.2, 0.25) is 0 Å². The van der Waals surface area contributed by atoms with Gasteiger partial charge in [0.2, 0.25) is 0 Å². The highest BCUT2D eigenvalue weighted by molar-refractivity contribution is 5.97. The van der Waals surface area contributed by atoms with Crippen molar-refractivity contribution in [3.05, 3.63) is 30.0 Å². The second kappa shape index (κ2) is 4.81. The third kappa shape index (κ3) is 2.22. The zero-order chi connectivity index (χ0) is 13.2. The van der Waals surface area contributed by atoms with Crippen molar-refractivity contribution in [2.24, 2.45) is 0 Å². The van der Waals surface area contributed by atoms with Gasteiger partial charge in [0.1, 0.15) is 11.4 Å². The van der Waals surface area contributed by atoms with E-state index in [9.17, 15) is 9.90 Å². The topological polar surface area (TPSA) is 78.3 Å². The van der Waals surface area contributed by atoms with E-state index in [4.69, 9.17) is 0 Å². The minimum atomic E-state index is -0.952. The number of fused-ring (bicyclic) bond motifs is 1. The summed E-state index contributed by atoms with van der Waals surface area (Å²) in [4.78, 5) is 22.0. The number of pyridine rings is 2. The van der Waals surface area contributed by atoms with Crippen LogP contribution in [-0.4, -0.2) is 47.2 Å². The predicted molar refractivity (Wildman–Crippen MR) is 71.6 cm³/mol. The zero-order valence-electron chi connectivity index (χ0n) is 10.3. The van der Waals surface area contributed by atoms with E-state index < -0.39 is 5.97 Å². The summed E-state index contributed by atoms with van der Waals surface area (Å²) in [6.07, 6.45) is 1.66. The van der Waals surface area contributed by atoms with Crippen molar-refractivity contribution >= 4 is 22.8 Å². The molecule has 0 unspecified atom stereocenters. The van der Waals surface area contributed by atoms with Crippen molar-refractivity contribution in [3.8, 4) is 0 Å². The second-order valence-corrected chi connectivity index (χ2v) is 4.45. The molecule has 0 spiro atoms. The van der Waals surface area contributed by atoms with E-state index in [1.165, 1.54) is 0 Å². The number of nitrogens with zero attached hydrogens (tertiary/aromatic N) is 3. The average molecular weight is 258 g/mol. The van der Waals surface area contributed by atoms with Gasteiger partial charge in [-0.25, -0.2) is 14.8 Å². The smallest absolute Gasteiger partial charge is 0.339 e. The quantitative estimate of drug-likeness (QED) is 0.827. The Morgan fingerprint density at radius 1 is 1.37 bits per heavy atom. The van der Waals surface area contributed by atoms with Crippen molar-refractivity contribution in [3.63, 3.8) is 0 Å². The Morgan fingerprint density at radius 2 is 2.16 bits per heavy atom. The summed E-state index contributed by atoms with van der Waals surface area (Å²) >= 11 is 0. The molecule has 0 bridgehead atoms. The third-order valence-corrected chi connectivity index (χ3v) is 3.22. The van der Waals surface area contributed by atoms with Crippen LogP contribution in [0.15, 0.2) is 24.4 Å². The molecule has 19 heavy (non-hydrogen) atoms. The first-order valence-corrected chi connectivity index (χ1v) is 6.20. The highest BCUT2D eigenvalue weighted by atomic mass is 16.4. The Balaban J connectivity index is 2.14. The number of carboxylic acid groups (broad SMARTS) is 1. The summed E-state index contributed by atoms with van der Waals surface area (Å²) in [6.45, 7) is 3.18. The summed E-state index contributed by atoms with van der Waals surface area (Å²) in [6, 6.07) is 5.25. The van der Waals surface area contributed by atoms with Gasteiger partial charge in [-0.2, -0.15) is 0 Å². The molecule has 3 heterocycles. The van der Waals surface area contributed by atoms with Gasteiger partial charge in [-0.15, -0.1) is 0 Å². The first-order chi connectivity index (χ1) is 9.25. The van der Waals surface area contributed by atoms with Gasteiger partial charge < -0.3 is 15.3 Å². The SMILES string of the molecule is O=C(O)c1cc2cccnc2nc1N1CCNCC1. The van der Waals surface area contributed by atoms with E-state index in [1.807, 2.05) is 11.0 Å². The third-order valence-electron chi connectivity index (χ3n) is 3.22. The first-order valence-electron chi connectivity index (χ1n) is 6.20. The number of rotatable bonds is 2. The standard InChI is InChI=1S/C13H14N4O2/c18-13(19)10-8-9-2-1-3-15-11(9)16-12(10)17-6-4-14-5-7-17/h1-3,8,14H,4-7H2,(H,18,19). The summed E-state index contributed by atoms with van der Waals surface area (Å²) in [5.41, 5.74) is 0.823. The van der Waals surface area contributed by atoms with Crippen LogP contribution in [-0.2, 0) is 0 Å². The normalized spacial score (nSPS) is 15.7. The van der Waals surface area contributed by atoms with Crippen LogP contribution in [0.25, 0.3) is 11.0 Å². The summed E-state index contributed by atoms with van der Waals surface area (Å²) in [5.74, 6) is -0.438. The van der Waals surface area contributed by atoms with E-state index in [-0.39, 0.29) is 5.56 Å². The Bertz CT molecular complexity index is 623. The van der Waals surface area contributed by atoms with Crippen molar-refractivity contribution < 1.29 is 9.90 Å². The molecule has 2 aromatic heterocycles. The molecule has 0 saturated carbocycles. The maximum atomic E-state index is 11.4. The average Bonchev–Trinajstić information content (AvgIpc) is 2.46. The molecule has 1 saturated heterocycles. The fourth-order valence-corrected chi connectivity index (χ4v) is 2.27. The minimum Gasteiger partial charge on any atom is -0.478 e. The largest absolute Gasteiger partial charge is 0.478 e. The molecule has 3 rings (SSSR count). The molecule has 0 aliphatic carbocycles. The van der Waals surface area contributed by atoms with Gasteiger partial charge in [0, 0.05) is 37.8 Å². The fourth-order valence-electron chi connectivity index (χ4n) is 2.27. The molecule has 0 amide bonds. The Kier molecular flexibility index (Phi) is 3.00. The van der Waals surface area contributed by atoms with Gasteiger partial charge in [-0.3, -0.25) is 0 Å². The zero-order valence-corrected chi connectivity index (χ0v) is 10.3. The number of hydrogen-bond donors (Lipinski definition) is 2. The fraction of sp³-hybridized carbons (Fsp3) is 0.308. The lowest BCUT2D eigenvalue weighted by molar-refractivity contribution is 0.0697. The summed E-state index contributed by atoms with van der Waals surface area (Å²) in [7, 11) is 0. The van der Waals surface area contributed by atoms with Gasteiger partial charge in [0.15, 0.2) is 5.65 Å². The van der Waals surface area contributed by atoms with Crippen LogP contribution in [0.4, 0.5) is 5.82 Å². The Morgan fingerprint density at radius 3 is 2.89 bits per heavy atom. The minimum absolute atomic E-state index is 0.238. The van der Waals surface area contributed by atoms with Crippen LogP contribution in [0.3, 0.4) is 0 Å². The number of piperazine rings is 1. The highest BCUT2D eigenvalue weighted by Crippen LogP contribution is 2.23. The predicted octanol–water partition coefficient (Wildman–Crippen LogP) is 0.738. The van der Waals surface area contributed by atoms with Crippen LogP contribution in [0, 0.1) is 0 Å². The molecule has 6 heteroatoms. The molecule has 0 aromatic carbocycles. The van der Waals surface area contributed by atoms with Crippen LogP contribution in [0.5, 0.6) is 0 Å². The van der Waals surface area contributed by atoms with Gasteiger partial charge in [-0.05, 0) is 18.2 Å². The lowest BCUT2D eigenvalue weighted by Crippen LogP contribution is -2.44. The van der Waals surface area contributed by atoms with Gasteiger partial charge in [0.25, 0.3) is 0 Å². The Hall–Kier alpha value is -2.21. The first kappa shape index (κ1) is 11.9. The second-order valence-electron chi connectivity index (χ2n) is 4.45. The molecule has 0 atom stereocenters. The molecular weight excluding hydrogens is 244 g/mol. The van der Waals surface area contributed by atoms with Crippen molar-refractivity contribution in [2.75, 3.05) is 31.1 Å². The number of anilines is 1. The molecule has 6 nitrogen and oxygen atoms in total. The van der Waals surface area contributed by atoms with E-state index in [1.54, 1.807) is 18.3 Å². The van der Waals surface area contributed by atoms with Crippen LogP contribution >= 0.6 is 0 Å². The molecule has 0 radical (unpaired) electrons. The van der Waals surface area contributed by atoms with E-state index in [0.717, 1.165) is 31.6 Å². The summed E-state index contributed by atoms with van der Waals surface area (Å²) in [5, 5.41) is 13.3. The number of nitrogens with one attached hydrogen (secondary N) is 1. The molecule has 1 aliphatic heterocycles. The molecule has 1 aliphatic rings. The number of aromatic carboxylic acids is 1. The van der Waals surface area contributed by atoms with E-state index in [2.05, 4.69) is 15.3 Å². The Labute approximate surface area is 110 Å². The molecule has 1 fully saturated rings. The van der Waals surface area contributed by atoms with E-state index >= 15 is 0 Å². The molecule has 2 N–H and O–H groups in total. The highest BCUT2D eigenvalue weighted by Gasteiger charge is 2.20. The van der Waals surface area contributed by atoms with Crippen LogP contribution < -0.4 is 10.2 Å². The van der Waals surface area contributed by atoms with Gasteiger partial charge in [-0.1, -0.05) is 0 Å². The van der Waals surface area contributed by atoms with Gasteiger partial charge in [0.05, 0.1) is 0 Å².